The molecular weight excluding hydrogens is 416 g/mol. The van der Waals surface area contributed by atoms with Crippen LogP contribution in [0.5, 0.6) is 0 Å². The van der Waals surface area contributed by atoms with Crippen molar-refractivity contribution in [3.8, 4) is 0 Å². The summed E-state index contributed by atoms with van der Waals surface area (Å²) in [5.41, 5.74) is 0.574. The molecule has 1 aromatic heterocycles. The van der Waals surface area contributed by atoms with E-state index in [9.17, 15) is 13.2 Å². The first-order valence-corrected chi connectivity index (χ1v) is 12.1. The summed E-state index contributed by atoms with van der Waals surface area (Å²) in [6, 6.07) is 8.16. The maximum Gasteiger partial charge on any atom is 0.243 e. The van der Waals surface area contributed by atoms with Gasteiger partial charge >= 0.3 is 0 Å². The van der Waals surface area contributed by atoms with Crippen LogP contribution in [0.4, 0.5) is 17.5 Å². The molecule has 0 bridgehead atoms. The summed E-state index contributed by atoms with van der Waals surface area (Å²) in [6.45, 7) is 5.29. The van der Waals surface area contributed by atoms with Crippen molar-refractivity contribution < 1.29 is 13.2 Å². The minimum Gasteiger partial charge on any atom is -0.354 e. The number of piperazine rings is 1. The lowest BCUT2D eigenvalue weighted by atomic mass is 10.1. The van der Waals surface area contributed by atoms with Crippen LogP contribution in [0.3, 0.4) is 0 Å². The molecule has 9 nitrogen and oxygen atoms in total. The number of carbonyl (C=O) groups excluding carboxylic acids is 1. The zero-order valence-electron chi connectivity index (χ0n) is 17.7. The summed E-state index contributed by atoms with van der Waals surface area (Å²) < 4.78 is 27.5. The number of sulfonamides is 1. The Hall–Kier alpha value is -2.72. The van der Waals surface area contributed by atoms with Gasteiger partial charge in [0.2, 0.25) is 21.9 Å². The lowest BCUT2D eigenvalue weighted by Crippen LogP contribution is -2.49. The predicted molar refractivity (Wildman–Crippen MR) is 120 cm³/mol. The number of nitrogens with one attached hydrogen (secondary N) is 1. The first-order chi connectivity index (χ1) is 14.9. The van der Waals surface area contributed by atoms with E-state index in [1.165, 1.54) is 29.8 Å². The smallest absolute Gasteiger partial charge is 0.243 e. The SMILES string of the molecule is CC(=O)Nc1ccc(S(=O)(=O)N2CCN(c3ccnc(N4CCCCC4)n3)CC2)cc1. The number of hydrogen-bond donors (Lipinski definition) is 1. The molecule has 0 aliphatic carbocycles. The Bertz CT molecular complexity index is 1010. The molecule has 0 unspecified atom stereocenters. The average Bonchev–Trinajstić information content (AvgIpc) is 2.80. The fraction of sp³-hybridized carbons (Fsp3) is 0.476. The molecular formula is C21H28N6O3S. The Labute approximate surface area is 183 Å². The van der Waals surface area contributed by atoms with E-state index in [0.717, 1.165) is 37.7 Å². The Balaban J connectivity index is 1.40. The molecule has 1 aromatic carbocycles. The number of carbonyl (C=O) groups is 1. The normalized spacial score (nSPS) is 18.1. The van der Waals surface area contributed by atoms with Gasteiger partial charge in [0.25, 0.3) is 0 Å². The number of aromatic nitrogens is 2. The molecule has 1 N–H and O–H groups in total. The maximum atomic E-state index is 13.0. The third-order valence-electron chi connectivity index (χ3n) is 5.64. The van der Waals surface area contributed by atoms with Gasteiger partial charge in [-0.15, -0.1) is 0 Å². The summed E-state index contributed by atoms with van der Waals surface area (Å²) in [6.07, 6.45) is 5.36. The second-order valence-electron chi connectivity index (χ2n) is 7.86. The zero-order chi connectivity index (χ0) is 21.8. The topological polar surface area (TPSA) is 98.7 Å². The molecule has 2 saturated heterocycles. The van der Waals surface area contributed by atoms with Crippen molar-refractivity contribution in [3.05, 3.63) is 36.5 Å². The van der Waals surface area contributed by atoms with Crippen LogP contribution in [0.2, 0.25) is 0 Å². The first kappa shape index (κ1) is 21.5. The molecule has 4 rings (SSSR count). The van der Waals surface area contributed by atoms with E-state index in [4.69, 9.17) is 4.98 Å². The van der Waals surface area contributed by atoms with Crippen LogP contribution in [0.25, 0.3) is 0 Å². The Kier molecular flexibility index (Phi) is 6.38. The summed E-state index contributed by atoms with van der Waals surface area (Å²) in [7, 11) is -3.59. The van der Waals surface area contributed by atoms with Gasteiger partial charge in [0.15, 0.2) is 0 Å². The summed E-state index contributed by atoms with van der Waals surface area (Å²) in [4.78, 5) is 24.9. The quantitative estimate of drug-likeness (QED) is 0.752. The summed E-state index contributed by atoms with van der Waals surface area (Å²) in [5, 5.41) is 2.65. The highest BCUT2D eigenvalue weighted by molar-refractivity contribution is 7.89. The van der Waals surface area contributed by atoms with Crippen molar-refractivity contribution in [2.75, 3.05) is 54.4 Å². The van der Waals surface area contributed by atoms with E-state index in [0.29, 0.717) is 31.9 Å². The second-order valence-corrected chi connectivity index (χ2v) is 9.80. The molecule has 10 heteroatoms. The van der Waals surface area contributed by atoms with Crippen LogP contribution < -0.4 is 15.1 Å². The fourth-order valence-corrected chi connectivity index (χ4v) is 5.40. The highest BCUT2D eigenvalue weighted by Crippen LogP contribution is 2.23. The van der Waals surface area contributed by atoms with E-state index in [-0.39, 0.29) is 10.8 Å². The third-order valence-corrected chi connectivity index (χ3v) is 7.56. The van der Waals surface area contributed by atoms with Gasteiger partial charge in [0, 0.05) is 58.1 Å². The largest absolute Gasteiger partial charge is 0.354 e. The number of amides is 1. The van der Waals surface area contributed by atoms with E-state index in [2.05, 4.69) is 20.1 Å². The lowest BCUT2D eigenvalue weighted by molar-refractivity contribution is -0.114. The van der Waals surface area contributed by atoms with Crippen molar-refractivity contribution in [2.45, 2.75) is 31.1 Å². The average molecular weight is 445 g/mol. The van der Waals surface area contributed by atoms with Gasteiger partial charge in [-0.2, -0.15) is 9.29 Å². The molecule has 2 aliphatic heterocycles. The second kappa shape index (κ2) is 9.19. The van der Waals surface area contributed by atoms with E-state index in [1.807, 2.05) is 6.07 Å². The van der Waals surface area contributed by atoms with Crippen molar-refractivity contribution >= 4 is 33.4 Å². The van der Waals surface area contributed by atoms with Crippen molar-refractivity contribution in [1.82, 2.24) is 14.3 Å². The molecule has 0 atom stereocenters. The minimum atomic E-state index is -3.59. The molecule has 3 heterocycles. The molecule has 0 radical (unpaired) electrons. The van der Waals surface area contributed by atoms with Crippen molar-refractivity contribution in [3.63, 3.8) is 0 Å². The molecule has 2 aliphatic rings. The van der Waals surface area contributed by atoms with Gasteiger partial charge in [-0.05, 0) is 49.6 Å². The number of benzene rings is 1. The molecule has 2 aromatic rings. The lowest BCUT2D eigenvalue weighted by Gasteiger charge is -2.35. The van der Waals surface area contributed by atoms with Crippen LogP contribution in [-0.4, -0.2) is 67.9 Å². The Morgan fingerprint density at radius 3 is 2.23 bits per heavy atom. The van der Waals surface area contributed by atoms with Gasteiger partial charge in [-0.25, -0.2) is 13.4 Å². The van der Waals surface area contributed by atoms with Gasteiger partial charge < -0.3 is 15.1 Å². The van der Waals surface area contributed by atoms with Gasteiger partial charge in [-0.3, -0.25) is 4.79 Å². The number of hydrogen-bond acceptors (Lipinski definition) is 7. The van der Waals surface area contributed by atoms with Crippen LogP contribution in [0, 0.1) is 0 Å². The maximum absolute atomic E-state index is 13.0. The van der Waals surface area contributed by atoms with Crippen molar-refractivity contribution in [1.29, 1.82) is 0 Å². The van der Waals surface area contributed by atoms with Crippen LogP contribution in [0.15, 0.2) is 41.4 Å². The fourth-order valence-electron chi connectivity index (χ4n) is 3.98. The molecule has 31 heavy (non-hydrogen) atoms. The highest BCUT2D eigenvalue weighted by Gasteiger charge is 2.29. The summed E-state index contributed by atoms with van der Waals surface area (Å²) >= 11 is 0. The number of nitrogens with zero attached hydrogens (tertiary/aromatic N) is 5. The zero-order valence-corrected chi connectivity index (χ0v) is 18.5. The Morgan fingerprint density at radius 2 is 1.58 bits per heavy atom. The molecule has 2 fully saturated rings. The molecule has 0 saturated carbocycles. The van der Waals surface area contributed by atoms with Gasteiger partial charge in [0.1, 0.15) is 5.82 Å². The van der Waals surface area contributed by atoms with Crippen LogP contribution >= 0.6 is 0 Å². The van der Waals surface area contributed by atoms with Crippen LogP contribution in [0.1, 0.15) is 26.2 Å². The van der Waals surface area contributed by atoms with E-state index >= 15 is 0 Å². The molecule has 0 spiro atoms. The third kappa shape index (κ3) is 4.96. The van der Waals surface area contributed by atoms with E-state index < -0.39 is 10.0 Å². The monoisotopic (exact) mass is 444 g/mol. The molecule has 1 amide bonds. The van der Waals surface area contributed by atoms with Crippen molar-refractivity contribution in [2.24, 2.45) is 0 Å². The van der Waals surface area contributed by atoms with E-state index in [1.54, 1.807) is 18.3 Å². The number of rotatable bonds is 5. The Morgan fingerprint density at radius 1 is 0.903 bits per heavy atom. The van der Waals surface area contributed by atoms with Gasteiger partial charge in [0.05, 0.1) is 4.90 Å². The number of anilines is 3. The minimum absolute atomic E-state index is 0.195. The predicted octanol–water partition coefficient (Wildman–Crippen LogP) is 1.94. The highest BCUT2D eigenvalue weighted by atomic mass is 32.2. The van der Waals surface area contributed by atoms with Gasteiger partial charge in [-0.1, -0.05) is 0 Å². The first-order valence-electron chi connectivity index (χ1n) is 10.6. The summed E-state index contributed by atoms with van der Waals surface area (Å²) in [5.74, 6) is 1.40. The number of piperidine rings is 1. The standard InChI is InChI=1S/C21H28N6O3S/c1-17(28)23-18-5-7-19(8-6-18)31(29,30)27-15-13-25(14-16-27)20-9-10-22-21(24-20)26-11-3-2-4-12-26/h5-10H,2-4,11-16H2,1H3,(H,23,28). The molecule has 166 valence electrons. The van der Waals surface area contributed by atoms with Crippen LogP contribution in [-0.2, 0) is 14.8 Å².